The maximum atomic E-state index is 4.62. The Hall–Kier alpha value is 0.350. The molecule has 0 aromatic carbocycles. The summed E-state index contributed by atoms with van der Waals surface area (Å²) in [6.45, 7) is 8.41. The van der Waals surface area contributed by atoms with Gasteiger partial charge in [0.15, 0.2) is 0 Å². The zero-order valence-corrected chi connectivity index (χ0v) is 15.7. The van der Waals surface area contributed by atoms with E-state index in [4.69, 9.17) is 0 Å². The molecule has 0 aliphatic carbocycles. The molecule has 114 valence electrons. The van der Waals surface area contributed by atoms with E-state index in [9.17, 15) is 0 Å². The number of halogens is 1. The third kappa shape index (κ3) is 3.96. The van der Waals surface area contributed by atoms with Gasteiger partial charge in [0, 0.05) is 41.5 Å². The molecule has 1 fully saturated rings. The van der Waals surface area contributed by atoms with Gasteiger partial charge in [-0.2, -0.15) is 28.6 Å². The number of aryl methyl sites for hydroxylation is 2. The number of likely N-dealkylation sites (N-methyl/N-ethyl adjacent to an activating group) is 1. The third-order valence-corrected chi connectivity index (χ3v) is 7.57. The van der Waals surface area contributed by atoms with Gasteiger partial charge >= 0.3 is 0 Å². The summed E-state index contributed by atoms with van der Waals surface area (Å²) >= 11 is 7.94. The van der Waals surface area contributed by atoms with E-state index in [1.807, 2.05) is 0 Å². The molecule has 1 aliphatic heterocycles. The van der Waals surface area contributed by atoms with Gasteiger partial charge in [-0.25, -0.2) is 0 Å². The van der Waals surface area contributed by atoms with Gasteiger partial charge in [0.25, 0.3) is 0 Å². The van der Waals surface area contributed by atoms with Crippen molar-refractivity contribution in [2.45, 2.75) is 45.0 Å². The van der Waals surface area contributed by atoms with Crippen LogP contribution in [0.3, 0.4) is 0 Å². The molecule has 1 aromatic heterocycles. The number of hydrogen-bond donors (Lipinski definition) is 1. The Balaban J connectivity index is 2.14. The van der Waals surface area contributed by atoms with Crippen molar-refractivity contribution in [2.75, 3.05) is 23.8 Å². The molecule has 6 heteroatoms. The van der Waals surface area contributed by atoms with Crippen LogP contribution in [0.1, 0.15) is 25.2 Å². The SMILES string of the molecule is CCNC(Cc1c(Br)c(C)nn1CC)C1CSCCS1. The summed E-state index contributed by atoms with van der Waals surface area (Å²) < 4.78 is 3.33. The van der Waals surface area contributed by atoms with E-state index < -0.39 is 0 Å². The predicted molar refractivity (Wildman–Crippen MR) is 95.1 cm³/mol. The van der Waals surface area contributed by atoms with Crippen LogP contribution in [0, 0.1) is 6.92 Å². The van der Waals surface area contributed by atoms with Gasteiger partial charge in [0.1, 0.15) is 0 Å². The second-order valence-electron chi connectivity index (χ2n) is 5.01. The lowest BCUT2D eigenvalue weighted by Gasteiger charge is -2.30. The molecule has 1 aliphatic rings. The second kappa shape index (κ2) is 8.11. The Kier molecular flexibility index (Phi) is 6.78. The molecular weight excluding hydrogens is 354 g/mol. The van der Waals surface area contributed by atoms with Crippen molar-refractivity contribution >= 4 is 39.5 Å². The lowest BCUT2D eigenvalue weighted by atomic mass is 10.1. The first kappa shape index (κ1) is 16.7. The van der Waals surface area contributed by atoms with Crippen LogP contribution < -0.4 is 5.32 Å². The van der Waals surface area contributed by atoms with Gasteiger partial charge in [-0.3, -0.25) is 4.68 Å². The zero-order valence-electron chi connectivity index (χ0n) is 12.5. The third-order valence-electron chi connectivity index (χ3n) is 3.62. The Morgan fingerprint density at radius 1 is 1.45 bits per heavy atom. The molecule has 0 saturated carbocycles. The Morgan fingerprint density at radius 3 is 2.85 bits per heavy atom. The lowest BCUT2D eigenvalue weighted by molar-refractivity contribution is 0.496. The van der Waals surface area contributed by atoms with E-state index in [-0.39, 0.29) is 0 Å². The zero-order chi connectivity index (χ0) is 14.5. The molecule has 0 radical (unpaired) electrons. The van der Waals surface area contributed by atoms with E-state index in [1.54, 1.807) is 0 Å². The largest absolute Gasteiger partial charge is 0.313 e. The predicted octanol–water partition coefficient (Wildman–Crippen LogP) is 3.34. The van der Waals surface area contributed by atoms with Crippen molar-refractivity contribution in [3.63, 3.8) is 0 Å². The highest BCUT2D eigenvalue weighted by Gasteiger charge is 2.26. The molecule has 0 spiro atoms. The van der Waals surface area contributed by atoms with Crippen LogP contribution in [-0.4, -0.2) is 44.9 Å². The smallest absolute Gasteiger partial charge is 0.0738 e. The molecular formula is C14H24BrN3S2. The molecule has 20 heavy (non-hydrogen) atoms. The first-order valence-corrected chi connectivity index (χ1v) is 10.3. The molecule has 2 heterocycles. The molecule has 0 amide bonds. The fourth-order valence-corrected chi connectivity index (χ4v) is 5.94. The van der Waals surface area contributed by atoms with Crippen LogP contribution in [0.5, 0.6) is 0 Å². The highest BCUT2D eigenvalue weighted by molar-refractivity contribution is 9.10. The number of hydrogen-bond acceptors (Lipinski definition) is 4. The summed E-state index contributed by atoms with van der Waals surface area (Å²) in [5.41, 5.74) is 2.44. The maximum Gasteiger partial charge on any atom is 0.0738 e. The molecule has 2 unspecified atom stereocenters. The maximum absolute atomic E-state index is 4.62. The first-order valence-electron chi connectivity index (χ1n) is 7.31. The van der Waals surface area contributed by atoms with Crippen LogP contribution in [0.15, 0.2) is 4.47 Å². The van der Waals surface area contributed by atoms with Crippen molar-refractivity contribution in [3.8, 4) is 0 Å². The number of nitrogens with one attached hydrogen (secondary N) is 1. The van der Waals surface area contributed by atoms with Gasteiger partial charge in [-0.1, -0.05) is 6.92 Å². The van der Waals surface area contributed by atoms with Crippen LogP contribution >= 0.6 is 39.5 Å². The molecule has 2 atom stereocenters. The number of nitrogens with zero attached hydrogens (tertiary/aromatic N) is 2. The highest BCUT2D eigenvalue weighted by Crippen LogP contribution is 2.30. The molecule has 0 bridgehead atoms. The first-order chi connectivity index (χ1) is 9.67. The molecule has 1 N–H and O–H groups in total. The minimum Gasteiger partial charge on any atom is -0.313 e. The topological polar surface area (TPSA) is 29.9 Å². The number of aromatic nitrogens is 2. The number of rotatable bonds is 6. The van der Waals surface area contributed by atoms with Crippen molar-refractivity contribution < 1.29 is 0 Å². The van der Waals surface area contributed by atoms with Gasteiger partial charge < -0.3 is 5.32 Å². The minimum atomic E-state index is 0.538. The number of thioether (sulfide) groups is 2. The Bertz CT molecular complexity index is 430. The molecule has 1 saturated heterocycles. The average Bonchev–Trinajstić information content (AvgIpc) is 2.75. The van der Waals surface area contributed by atoms with Crippen molar-refractivity contribution in [1.29, 1.82) is 0 Å². The fourth-order valence-electron chi connectivity index (χ4n) is 2.61. The standard InChI is InChI=1S/C14H24BrN3S2/c1-4-16-11(13-9-19-6-7-20-13)8-12-14(15)10(3)17-18(12)5-2/h11,13,16H,4-9H2,1-3H3. The highest BCUT2D eigenvalue weighted by atomic mass is 79.9. The van der Waals surface area contributed by atoms with E-state index in [2.05, 4.69) is 75.3 Å². The van der Waals surface area contributed by atoms with Gasteiger partial charge in [0.2, 0.25) is 0 Å². The van der Waals surface area contributed by atoms with Crippen LogP contribution in [-0.2, 0) is 13.0 Å². The summed E-state index contributed by atoms with van der Waals surface area (Å²) in [6, 6.07) is 0.538. The van der Waals surface area contributed by atoms with Crippen molar-refractivity contribution in [3.05, 3.63) is 15.9 Å². The van der Waals surface area contributed by atoms with Gasteiger partial charge in [-0.05, 0) is 36.3 Å². The lowest BCUT2D eigenvalue weighted by Crippen LogP contribution is -2.43. The monoisotopic (exact) mass is 377 g/mol. The van der Waals surface area contributed by atoms with Gasteiger partial charge in [-0.15, -0.1) is 0 Å². The molecule has 3 nitrogen and oxygen atoms in total. The van der Waals surface area contributed by atoms with E-state index in [0.29, 0.717) is 11.3 Å². The van der Waals surface area contributed by atoms with Crippen molar-refractivity contribution in [2.24, 2.45) is 0 Å². The molecule has 1 aromatic rings. The fraction of sp³-hybridized carbons (Fsp3) is 0.786. The van der Waals surface area contributed by atoms with Crippen LogP contribution in [0.25, 0.3) is 0 Å². The van der Waals surface area contributed by atoms with E-state index in [1.165, 1.54) is 27.4 Å². The van der Waals surface area contributed by atoms with E-state index >= 15 is 0 Å². The van der Waals surface area contributed by atoms with Gasteiger partial charge in [0.05, 0.1) is 15.9 Å². The molecule has 2 rings (SSSR count). The minimum absolute atomic E-state index is 0.538. The Morgan fingerprint density at radius 2 is 2.25 bits per heavy atom. The van der Waals surface area contributed by atoms with Crippen LogP contribution in [0.4, 0.5) is 0 Å². The summed E-state index contributed by atoms with van der Waals surface area (Å²) in [5.74, 6) is 3.85. The normalized spacial score (nSPS) is 21.1. The van der Waals surface area contributed by atoms with E-state index in [0.717, 1.165) is 25.2 Å². The van der Waals surface area contributed by atoms with Crippen LogP contribution in [0.2, 0.25) is 0 Å². The summed E-state index contributed by atoms with van der Waals surface area (Å²) in [4.78, 5) is 0. The summed E-state index contributed by atoms with van der Waals surface area (Å²) in [6.07, 6.45) is 1.06. The van der Waals surface area contributed by atoms with Crippen molar-refractivity contribution in [1.82, 2.24) is 15.1 Å². The second-order valence-corrected chi connectivity index (χ2v) is 8.30. The Labute approximate surface area is 139 Å². The quantitative estimate of drug-likeness (QED) is 0.822. The summed E-state index contributed by atoms with van der Waals surface area (Å²) in [5, 5.41) is 9.02. The summed E-state index contributed by atoms with van der Waals surface area (Å²) in [7, 11) is 0. The average molecular weight is 378 g/mol.